The van der Waals surface area contributed by atoms with Gasteiger partial charge in [-0.15, -0.1) is 12.8 Å². The van der Waals surface area contributed by atoms with Crippen LogP contribution in [0.15, 0.2) is 72.8 Å². The van der Waals surface area contributed by atoms with Crippen molar-refractivity contribution >= 4 is 100 Å². The Labute approximate surface area is 758 Å². The second-order valence-electron chi connectivity index (χ2n) is 27.7. The van der Waals surface area contributed by atoms with Gasteiger partial charge in [0, 0.05) is 65.7 Å². The SMILES string of the molecule is C#Cc1cc2c(-c3c(OC)c(C(=O)OC)c(OC)c4cc(OC)c(C#CC#Cc5cc6c(-c7c(OC)c(C(=O)OC)c(OC)c8cc(OC)c(C#CC#Cc9cc%10c(-c%11c(OC)c(C(=O)OC)c(OC)c%12cc(OC)c(C#C)cc%11%12)c(OC)c(C(=O)OC)c(OC)c%10cc9OC)cc78)c(OC)c(C(=O)OC)c(OC)c6cc5OC)cc34)c(OC)c(C(=O)OC)c(OC)c2cc1OC. The summed E-state index contributed by atoms with van der Waals surface area (Å²) < 4.78 is 142. The van der Waals surface area contributed by atoms with E-state index >= 15 is 0 Å². The van der Waals surface area contributed by atoms with Gasteiger partial charge in [0.2, 0.25) is 0 Å². The molecule has 674 valence electrons. The number of carbonyl (C=O) groups excluding carboxylic acids is 6. The largest absolute Gasteiger partial charge is 0.495 e. The van der Waals surface area contributed by atoms with Crippen molar-refractivity contribution in [2.24, 2.45) is 0 Å². The van der Waals surface area contributed by atoms with Crippen LogP contribution >= 0.6 is 0 Å². The predicted molar refractivity (Wildman–Crippen MR) is 490 cm³/mol. The summed E-state index contributed by atoms with van der Waals surface area (Å²) in [6, 6.07) is 19.3. The van der Waals surface area contributed by atoms with Crippen molar-refractivity contribution in [1.29, 1.82) is 0 Å². The predicted octanol–water partition coefficient (Wildman–Crippen LogP) is 15.3. The van der Waals surface area contributed by atoms with Crippen LogP contribution in [0.4, 0.5) is 0 Å². The third-order valence-electron chi connectivity index (χ3n) is 22.0. The van der Waals surface area contributed by atoms with Gasteiger partial charge in [-0.05, 0) is 152 Å². The zero-order valence-corrected chi connectivity index (χ0v) is 76.3. The van der Waals surface area contributed by atoms with E-state index in [-0.39, 0.29) is 247 Å². The van der Waals surface area contributed by atoms with E-state index in [2.05, 4.69) is 59.2 Å². The maximum absolute atomic E-state index is 14.7. The van der Waals surface area contributed by atoms with Gasteiger partial charge in [-0.1, -0.05) is 11.8 Å². The Bertz CT molecular complexity index is 6840. The molecule has 30 nitrogen and oxygen atoms in total. The van der Waals surface area contributed by atoms with Gasteiger partial charge in [0.1, 0.15) is 137 Å². The molecule has 12 aromatic rings. The first-order valence-corrected chi connectivity index (χ1v) is 39.2. The van der Waals surface area contributed by atoms with Crippen molar-refractivity contribution in [2.75, 3.05) is 171 Å². The zero-order valence-electron chi connectivity index (χ0n) is 76.3. The molecule has 0 radical (unpaired) electrons. The second kappa shape index (κ2) is 39.8. The summed E-state index contributed by atoms with van der Waals surface area (Å²) in [7, 11) is 31.6. The van der Waals surface area contributed by atoms with Crippen LogP contribution in [0.5, 0.6) is 103 Å². The molecule has 12 aromatic carbocycles. The van der Waals surface area contributed by atoms with E-state index in [1.807, 2.05) is 0 Å². The van der Waals surface area contributed by atoms with Crippen molar-refractivity contribution in [2.45, 2.75) is 0 Å². The minimum absolute atomic E-state index is 0.00811. The van der Waals surface area contributed by atoms with Crippen LogP contribution in [-0.4, -0.2) is 206 Å². The van der Waals surface area contributed by atoms with Crippen LogP contribution in [0.2, 0.25) is 0 Å². The number of esters is 6. The van der Waals surface area contributed by atoms with Crippen molar-refractivity contribution < 1.29 is 142 Å². The van der Waals surface area contributed by atoms with Crippen LogP contribution in [-0.2, 0) is 28.4 Å². The maximum Gasteiger partial charge on any atom is 0.345 e. The van der Waals surface area contributed by atoms with Crippen molar-refractivity contribution in [1.82, 2.24) is 0 Å². The lowest BCUT2D eigenvalue weighted by molar-refractivity contribution is 0.0584. The molecule has 0 saturated carbocycles. The quantitative estimate of drug-likeness (QED) is 0.0262. The fraction of sp³-hybridized carbons (Fsp3) is 0.235. The third kappa shape index (κ3) is 15.6. The molecule has 0 amide bonds. The first-order chi connectivity index (χ1) is 63.9. The van der Waals surface area contributed by atoms with Gasteiger partial charge in [-0.25, -0.2) is 28.8 Å². The highest BCUT2D eigenvalue weighted by molar-refractivity contribution is 6.25. The highest BCUT2D eigenvalue weighted by Crippen LogP contribution is 2.60. The lowest BCUT2D eigenvalue weighted by Crippen LogP contribution is -2.11. The summed E-state index contributed by atoms with van der Waals surface area (Å²) in [5, 5.41) is 3.25. The Morgan fingerprint density at radius 3 is 0.439 bits per heavy atom. The van der Waals surface area contributed by atoms with Gasteiger partial charge >= 0.3 is 35.8 Å². The van der Waals surface area contributed by atoms with Crippen LogP contribution in [0, 0.1) is 72.1 Å². The number of fused-ring (bicyclic) bond motifs is 6. The summed E-state index contributed by atoms with van der Waals surface area (Å²) in [5.41, 5.74) is 0.960. The normalized spacial score (nSPS) is 10.5. The van der Waals surface area contributed by atoms with E-state index in [1.54, 1.807) is 72.8 Å². The number of ether oxygens (including phenoxy) is 24. The Kier molecular flexibility index (Phi) is 28.3. The monoisotopic (exact) mass is 1790 g/mol. The smallest absolute Gasteiger partial charge is 0.345 e. The highest BCUT2D eigenvalue weighted by Gasteiger charge is 2.40. The van der Waals surface area contributed by atoms with Gasteiger partial charge in [-0.3, -0.25) is 0 Å². The van der Waals surface area contributed by atoms with E-state index < -0.39 is 35.8 Å². The number of hydrogen-bond donors (Lipinski definition) is 0. The molecule has 0 unspecified atom stereocenters. The molecule has 12 rings (SSSR count). The van der Waals surface area contributed by atoms with E-state index in [1.165, 1.54) is 171 Å². The molecular weight excluding hydrogens is 1710 g/mol. The summed E-state index contributed by atoms with van der Waals surface area (Å²) in [5.74, 6) is 24.8. The van der Waals surface area contributed by atoms with Crippen LogP contribution in [0.3, 0.4) is 0 Å². The molecular formula is C102H86O30. The molecule has 0 bridgehead atoms. The standard InChI is InChI=1S/C102H86O30/c1-27-49-37-55-61(43-67(49)109-3)85(115-9)79(97(103)127-21)91(121-15)73(55)75-57-39-51(69(111-5)45-63(57)87(117-11)81(93(75)123-17)99(105)129-23)33-29-31-35-53-41-59-65(47-71(53)113-7)89(119-13)83(101(107)131-25)95(125-19)77(59)78-60-42-54(72(114-8)48-66(60)90(120-14)84(96(78)126-20)102(108)132-26)36-32-30-34-52-40-58-64(46-70(52)112-6)88(118-12)82(100(106)130-24)94(124-18)76(58)74-56-38-50(28-2)68(110-4)44-62(56)86(116-10)80(92(74)122-16)98(104)128-22/h1-2,37-48H,3-26H3. The Hall–Kier alpha value is -17.2. The number of benzene rings is 12. The number of terminal acetylenes is 2. The average molecular weight is 1790 g/mol. The molecule has 0 aliphatic heterocycles. The Balaban J connectivity index is 1.13. The first kappa shape index (κ1) is 93.9. The summed E-state index contributed by atoms with van der Waals surface area (Å²) in [6.45, 7) is 0. The zero-order chi connectivity index (χ0) is 95.7. The van der Waals surface area contributed by atoms with Gasteiger partial charge < -0.3 is 114 Å². The number of methoxy groups -OCH3 is 24. The summed E-state index contributed by atoms with van der Waals surface area (Å²) in [6.07, 6.45) is 12.3. The fourth-order valence-corrected chi connectivity index (χ4v) is 16.5. The van der Waals surface area contributed by atoms with Gasteiger partial charge in [0.05, 0.1) is 204 Å². The van der Waals surface area contributed by atoms with E-state index in [0.29, 0.717) is 21.5 Å². The molecule has 0 aliphatic rings. The van der Waals surface area contributed by atoms with Crippen molar-refractivity contribution in [3.63, 3.8) is 0 Å². The third-order valence-corrected chi connectivity index (χ3v) is 22.0. The topological polar surface area (TPSA) is 324 Å². The maximum atomic E-state index is 14.7. The van der Waals surface area contributed by atoms with Crippen LogP contribution in [0.25, 0.3) is 98.0 Å². The van der Waals surface area contributed by atoms with Gasteiger partial charge in [0.15, 0.2) is 0 Å². The molecule has 0 aromatic heterocycles. The Morgan fingerprint density at radius 1 is 0.182 bits per heavy atom. The minimum Gasteiger partial charge on any atom is -0.495 e. The van der Waals surface area contributed by atoms with E-state index in [4.69, 9.17) is 127 Å². The molecule has 132 heavy (non-hydrogen) atoms. The van der Waals surface area contributed by atoms with Crippen molar-refractivity contribution in [3.05, 3.63) is 140 Å². The lowest BCUT2D eigenvalue weighted by atomic mass is 9.86. The average Bonchev–Trinajstić information content (AvgIpc) is 0.717. The number of rotatable bonds is 27. The van der Waals surface area contributed by atoms with Gasteiger partial charge in [-0.2, -0.15) is 0 Å². The van der Waals surface area contributed by atoms with Crippen LogP contribution < -0.4 is 85.3 Å². The minimum atomic E-state index is -0.926. The molecule has 0 fully saturated rings. The van der Waals surface area contributed by atoms with Crippen LogP contribution in [0.1, 0.15) is 95.5 Å². The molecule has 30 heteroatoms. The Morgan fingerprint density at radius 2 is 0.318 bits per heavy atom. The molecule has 0 N–H and O–H groups in total. The molecule has 0 saturated heterocycles. The summed E-state index contributed by atoms with van der Waals surface area (Å²) >= 11 is 0. The van der Waals surface area contributed by atoms with E-state index in [0.717, 1.165) is 0 Å². The summed E-state index contributed by atoms with van der Waals surface area (Å²) in [4.78, 5) is 86.3. The van der Waals surface area contributed by atoms with Gasteiger partial charge in [0.25, 0.3) is 0 Å². The first-order valence-electron chi connectivity index (χ1n) is 39.2. The molecule has 0 heterocycles. The fourth-order valence-electron chi connectivity index (χ4n) is 16.5. The van der Waals surface area contributed by atoms with Crippen molar-refractivity contribution in [3.8, 4) is 209 Å². The molecule has 0 aliphatic carbocycles. The van der Waals surface area contributed by atoms with E-state index in [9.17, 15) is 28.8 Å². The number of hydrogen-bond acceptors (Lipinski definition) is 30. The molecule has 0 spiro atoms. The molecule has 0 atom stereocenters. The number of carbonyl (C=O) groups is 6. The highest BCUT2D eigenvalue weighted by atomic mass is 16.6. The lowest BCUT2D eigenvalue weighted by Gasteiger charge is -2.25. The second-order valence-corrected chi connectivity index (χ2v) is 27.7.